The van der Waals surface area contributed by atoms with Crippen LogP contribution in [-0.4, -0.2) is 40.5 Å². The molecule has 2 N–H and O–H groups in total. The highest BCUT2D eigenvalue weighted by Crippen LogP contribution is 2.33. The van der Waals surface area contributed by atoms with Crippen LogP contribution in [0.5, 0.6) is 0 Å². The number of ether oxygens (including phenoxy) is 1. The van der Waals surface area contributed by atoms with Gasteiger partial charge in [-0.25, -0.2) is 4.79 Å². The smallest absolute Gasteiger partial charge is 0.409 e. The first kappa shape index (κ1) is 14.7. The number of benzene rings is 1. The minimum Gasteiger partial charge on any atom is -0.445 e. The van der Waals surface area contributed by atoms with Crippen molar-refractivity contribution in [1.29, 1.82) is 0 Å². The molecular formula is C11H16NO5P. The molecule has 1 rings (SSSR count). The highest BCUT2D eigenvalue weighted by Gasteiger charge is 2.17. The van der Waals surface area contributed by atoms with Crippen LogP contribution in [-0.2, 0) is 15.9 Å². The van der Waals surface area contributed by atoms with Crippen molar-refractivity contribution in [3.05, 3.63) is 35.9 Å². The number of hydrogen-bond donors (Lipinski definition) is 2. The summed E-state index contributed by atoms with van der Waals surface area (Å²) in [5, 5.41) is 0. The first-order valence-electron chi connectivity index (χ1n) is 5.35. The summed E-state index contributed by atoms with van der Waals surface area (Å²) in [6.45, 7) is 0.0951. The van der Waals surface area contributed by atoms with Crippen LogP contribution in [0.3, 0.4) is 0 Å². The molecule has 0 aromatic heterocycles. The van der Waals surface area contributed by atoms with E-state index in [0.717, 1.165) is 10.5 Å². The van der Waals surface area contributed by atoms with E-state index in [1.807, 2.05) is 30.3 Å². The zero-order valence-corrected chi connectivity index (χ0v) is 10.9. The van der Waals surface area contributed by atoms with Crippen molar-refractivity contribution in [2.24, 2.45) is 0 Å². The Bertz CT molecular complexity index is 430. The van der Waals surface area contributed by atoms with Gasteiger partial charge < -0.3 is 19.4 Å². The Hall–Kier alpha value is -1.36. The fourth-order valence-electron chi connectivity index (χ4n) is 1.20. The molecule has 0 radical (unpaired) electrons. The van der Waals surface area contributed by atoms with Crippen LogP contribution in [0.15, 0.2) is 30.3 Å². The Morgan fingerprint density at radius 2 is 1.94 bits per heavy atom. The molecule has 1 amide bonds. The van der Waals surface area contributed by atoms with Crippen molar-refractivity contribution in [1.82, 2.24) is 4.90 Å². The summed E-state index contributed by atoms with van der Waals surface area (Å²) < 4.78 is 15.6. The van der Waals surface area contributed by atoms with Gasteiger partial charge in [-0.05, 0) is 5.56 Å². The van der Waals surface area contributed by atoms with E-state index in [0.29, 0.717) is 0 Å². The number of rotatable bonds is 5. The Labute approximate surface area is 105 Å². The zero-order chi connectivity index (χ0) is 13.6. The van der Waals surface area contributed by atoms with E-state index in [4.69, 9.17) is 14.5 Å². The van der Waals surface area contributed by atoms with Gasteiger partial charge in [0.2, 0.25) is 0 Å². The second-order valence-corrected chi connectivity index (χ2v) is 5.63. The Morgan fingerprint density at radius 1 is 1.33 bits per heavy atom. The summed E-state index contributed by atoms with van der Waals surface area (Å²) >= 11 is 0. The van der Waals surface area contributed by atoms with Crippen LogP contribution < -0.4 is 0 Å². The standard InChI is InChI=1S/C11H16NO5P/c1-12(7-8-18(14,15)16)11(13)17-9-10-5-3-2-4-6-10/h2-6H,7-9H2,1H3,(H2,14,15,16). The molecule has 100 valence electrons. The van der Waals surface area contributed by atoms with Crippen molar-refractivity contribution >= 4 is 13.7 Å². The molecule has 6 nitrogen and oxygen atoms in total. The first-order valence-corrected chi connectivity index (χ1v) is 7.14. The molecule has 0 aliphatic carbocycles. The predicted octanol–water partition coefficient (Wildman–Crippen LogP) is 1.43. The van der Waals surface area contributed by atoms with Crippen LogP contribution in [0.4, 0.5) is 4.79 Å². The van der Waals surface area contributed by atoms with E-state index in [1.165, 1.54) is 7.05 Å². The summed E-state index contributed by atoms with van der Waals surface area (Å²) in [5.74, 6) is 0. The lowest BCUT2D eigenvalue weighted by molar-refractivity contribution is 0.106. The summed E-state index contributed by atoms with van der Waals surface area (Å²) in [7, 11) is -2.65. The first-order chi connectivity index (χ1) is 8.38. The summed E-state index contributed by atoms with van der Waals surface area (Å²) in [6.07, 6.45) is -0.975. The lowest BCUT2D eigenvalue weighted by Gasteiger charge is -2.17. The van der Waals surface area contributed by atoms with Crippen molar-refractivity contribution in [3.63, 3.8) is 0 Å². The van der Waals surface area contributed by atoms with Gasteiger partial charge in [0.1, 0.15) is 6.61 Å². The molecule has 0 aliphatic rings. The van der Waals surface area contributed by atoms with E-state index in [-0.39, 0.29) is 19.3 Å². The average Bonchev–Trinajstić information content (AvgIpc) is 2.33. The van der Waals surface area contributed by atoms with Gasteiger partial charge in [-0.2, -0.15) is 0 Å². The van der Waals surface area contributed by atoms with Crippen LogP contribution in [0.2, 0.25) is 0 Å². The largest absolute Gasteiger partial charge is 0.445 e. The van der Waals surface area contributed by atoms with Crippen LogP contribution in [0.1, 0.15) is 5.56 Å². The summed E-state index contributed by atoms with van der Waals surface area (Å²) in [6, 6.07) is 9.17. The maximum atomic E-state index is 11.5. The molecule has 7 heteroatoms. The average molecular weight is 273 g/mol. The fourth-order valence-corrected chi connectivity index (χ4v) is 1.76. The lowest BCUT2D eigenvalue weighted by Crippen LogP contribution is -2.30. The molecule has 0 unspecified atom stereocenters. The van der Waals surface area contributed by atoms with Gasteiger partial charge in [0.15, 0.2) is 0 Å². The number of carbonyl (C=O) groups is 1. The van der Waals surface area contributed by atoms with Crippen LogP contribution >= 0.6 is 7.60 Å². The topological polar surface area (TPSA) is 87.1 Å². The highest BCUT2D eigenvalue weighted by molar-refractivity contribution is 7.51. The van der Waals surface area contributed by atoms with Crippen molar-refractivity contribution in [3.8, 4) is 0 Å². The molecule has 18 heavy (non-hydrogen) atoms. The summed E-state index contributed by atoms with van der Waals surface area (Å²) in [4.78, 5) is 30.0. The van der Waals surface area contributed by atoms with E-state index in [2.05, 4.69) is 0 Å². The molecule has 0 spiro atoms. The normalized spacial score (nSPS) is 11.1. The summed E-state index contributed by atoms with van der Waals surface area (Å²) in [5.41, 5.74) is 0.856. The molecule has 0 saturated heterocycles. The second-order valence-electron chi connectivity index (χ2n) is 3.85. The molecule has 0 atom stereocenters. The van der Waals surface area contributed by atoms with E-state index in [1.54, 1.807) is 0 Å². The highest BCUT2D eigenvalue weighted by atomic mass is 31.2. The van der Waals surface area contributed by atoms with Crippen molar-refractivity contribution in [2.75, 3.05) is 19.8 Å². The van der Waals surface area contributed by atoms with Crippen molar-refractivity contribution in [2.45, 2.75) is 6.61 Å². The maximum Gasteiger partial charge on any atom is 0.409 e. The predicted molar refractivity (Wildman–Crippen MR) is 66.2 cm³/mol. The Balaban J connectivity index is 2.34. The number of carbonyl (C=O) groups excluding carboxylic acids is 1. The molecule has 0 aliphatic heterocycles. The molecule has 0 fully saturated rings. The van der Waals surface area contributed by atoms with Gasteiger partial charge in [-0.1, -0.05) is 30.3 Å². The van der Waals surface area contributed by atoms with Crippen LogP contribution in [0.25, 0.3) is 0 Å². The molecule has 0 heterocycles. The quantitative estimate of drug-likeness (QED) is 0.792. The number of hydrogen-bond acceptors (Lipinski definition) is 3. The minimum absolute atomic E-state index is 0.0437. The van der Waals surface area contributed by atoms with E-state index < -0.39 is 13.7 Å². The van der Waals surface area contributed by atoms with Gasteiger partial charge >= 0.3 is 13.7 Å². The Kier molecular flexibility index (Phi) is 5.34. The van der Waals surface area contributed by atoms with Gasteiger partial charge in [0, 0.05) is 13.6 Å². The minimum atomic E-state index is -4.09. The Morgan fingerprint density at radius 3 is 2.50 bits per heavy atom. The van der Waals surface area contributed by atoms with Gasteiger partial charge in [0.25, 0.3) is 0 Å². The van der Waals surface area contributed by atoms with E-state index >= 15 is 0 Å². The maximum absolute atomic E-state index is 11.5. The van der Waals surface area contributed by atoms with Gasteiger partial charge in [-0.3, -0.25) is 4.57 Å². The van der Waals surface area contributed by atoms with Gasteiger partial charge in [-0.15, -0.1) is 0 Å². The molecule has 1 aromatic rings. The molecular weight excluding hydrogens is 257 g/mol. The second kappa shape index (κ2) is 6.54. The van der Waals surface area contributed by atoms with Crippen molar-refractivity contribution < 1.29 is 23.9 Å². The third-order valence-electron chi connectivity index (χ3n) is 2.24. The molecule has 1 aromatic carbocycles. The molecule has 0 bridgehead atoms. The zero-order valence-electron chi connectivity index (χ0n) is 10.0. The lowest BCUT2D eigenvalue weighted by atomic mass is 10.2. The monoisotopic (exact) mass is 273 g/mol. The third kappa shape index (κ3) is 5.82. The van der Waals surface area contributed by atoms with E-state index in [9.17, 15) is 9.36 Å². The van der Waals surface area contributed by atoms with Gasteiger partial charge in [0.05, 0.1) is 6.16 Å². The van der Waals surface area contributed by atoms with Crippen LogP contribution in [0, 0.1) is 0 Å². The SMILES string of the molecule is CN(CCP(=O)(O)O)C(=O)OCc1ccccc1. The molecule has 0 saturated carbocycles. The third-order valence-corrected chi connectivity index (χ3v) is 3.03. The number of nitrogens with zero attached hydrogens (tertiary/aromatic N) is 1. The number of amides is 1. The fraction of sp³-hybridized carbons (Fsp3) is 0.364.